The number of tetrazole rings is 1. The number of aromatic nitrogens is 5. The van der Waals surface area contributed by atoms with Crippen LogP contribution in [0.5, 0.6) is 0 Å². The molecule has 0 aliphatic heterocycles. The fourth-order valence-corrected chi connectivity index (χ4v) is 1.54. The SMILES string of the molecule is c1cc(CSc2nnn[nH]2)ccn1. The number of pyridine rings is 1. The fraction of sp³-hybridized carbons (Fsp3) is 0.143. The number of hydrogen-bond donors (Lipinski definition) is 1. The van der Waals surface area contributed by atoms with Crippen LogP contribution >= 0.6 is 11.8 Å². The molecular formula is C7H7N5S. The number of aromatic amines is 1. The first-order chi connectivity index (χ1) is 6.45. The standard InChI is InChI=1S/C7H7N5S/c1-3-8-4-2-6(1)5-13-7-9-11-12-10-7/h1-4H,5H2,(H,9,10,11,12). The summed E-state index contributed by atoms with van der Waals surface area (Å²) in [6.07, 6.45) is 3.54. The molecule has 2 aromatic rings. The quantitative estimate of drug-likeness (QED) is 0.733. The predicted octanol–water partition coefficient (Wildman–Crippen LogP) is 0.887. The van der Waals surface area contributed by atoms with Crippen molar-refractivity contribution in [3.63, 3.8) is 0 Å². The van der Waals surface area contributed by atoms with Crippen molar-refractivity contribution in [2.45, 2.75) is 10.9 Å². The molecule has 2 rings (SSSR count). The van der Waals surface area contributed by atoms with Crippen LogP contribution < -0.4 is 0 Å². The van der Waals surface area contributed by atoms with Crippen molar-refractivity contribution >= 4 is 11.8 Å². The van der Waals surface area contributed by atoms with Crippen LogP contribution in [0.1, 0.15) is 5.56 Å². The first kappa shape index (κ1) is 8.18. The summed E-state index contributed by atoms with van der Waals surface area (Å²) >= 11 is 1.56. The van der Waals surface area contributed by atoms with Crippen LogP contribution in [0.25, 0.3) is 0 Å². The van der Waals surface area contributed by atoms with E-state index in [4.69, 9.17) is 0 Å². The predicted molar refractivity (Wildman–Crippen MR) is 48.0 cm³/mol. The molecule has 0 aromatic carbocycles. The summed E-state index contributed by atoms with van der Waals surface area (Å²) in [5.41, 5.74) is 1.20. The van der Waals surface area contributed by atoms with E-state index in [1.807, 2.05) is 12.1 Å². The zero-order valence-corrected chi connectivity index (χ0v) is 7.53. The molecule has 6 heteroatoms. The number of thioether (sulfide) groups is 1. The topological polar surface area (TPSA) is 67.3 Å². The summed E-state index contributed by atoms with van der Waals surface area (Å²) in [5, 5.41) is 14.1. The molecule has 0 aliphatic carbocycles. The zero-order valence-electron chi connectivity index (χ0n) is 6.71. The summed E-state index contributed by atoms with van der Waals surface area (Å²) in [4.78, 5) is 3.93. The summed E-state index contributed by atoms with van der Waals surface area (Å²) in [6, 6.07) is 3.94. The second-order valence-corrected chi connectivity index (χ2v) is 3.31. The van der Waals surface area contributed by atoms with E-state index in [0.717, 1.165) is 10.9 Å². The number of H-pyrrole nitrogens is 1. The van der Waals surface area contributed by atoms with Crippen LogP contribution in [0, 0.1) is 0 Å². The van der Waals surface area contributed by atoms with Crippen molar-refractivity contribution in [3.8, 4) is 0 Å². The maximum atomic E-state index is 3.93. The molecule has 13 heavy (non-hydrogen) atoms. The van der Waals surface area contributed by atoms with E-state index in [9.17, 15) is 0 Å². The van der Waals surface area contributed by atoms with Gasteiger partial charge < -0.3 is 0 Å². The highest BCUT2D eigenvalue weighted by Crippen LogP contribution is 2.16. The fourth-order valence-electron chi connectivity index (χ4n) is 0.842. The van der Waals surface area contributed by atoms with E-state index in [1.54, 1.807) is 24.2 Å². The van der Waals surface area contributed by atoms with Crippen LogP contribution in [0.3, 0.4) is 0 Å². The van der Waals surface area contributed by atoms with Gasteiger partial charge in [-0.2, -0.15) is 0 Å². The Kier molecular flexibility index (Phi) is 2.51. The largest absolute Gasteiger partial charge is 0.265 e. The Bertz CT molecular complexity index is 346. The van der Waals surface area contributed by atoms with Gasteiger partial charge in [-0.05, 0) is 28.1 Å². The lowest BCUT2D eigenvalue weighted by Crippen LogP contribution is -1.82. The van der Waals surface area contributed by atoms with Gasteiger partial charge in [0.2, 0.25) is 5.16 Å². The van der Waals surface area contributed by atoms with Crippen LogP contribution in [0.4, 0.5) is 0 Å². The molecule has 0 atom stereocenters. The zero-order chi connectivity index (χ0) is 8.93. The highest BCUT2D eigenvalue weighted by molar-refractivity contribution is 7.98. The molecule has 2 heterocycles. The minimum absolute atomic E-state index is 0.733. The van der Waals surface area contributed by atoms with Gasteiger partial charge in [-0.25, -0.2) is 5.10 Å². The van der Waals surface area contributed by atoms with Crippen molar-refractivity contribution in [3.05, 3.63) is 30.1 Å². The maximum Gasteiger partial charge on any atom is 0.207 e. The third-order valence-corrected chi connectivity index (χ3v) is 2.37. The second-order valence-electron chi connectivity index (χ2n) is 2.35. The lowest BCUT2D eigenvalue weighted by atomic mass is 10.3. The van der Waals surface area contributed by atoms with Crippen LogP contribution in [0.2, 0.25) is 0 Å². The van der Waals surface area contributed by atoms with Gasteiger partial charge in [0.05, 0.1) is 0 Å². The highest BCUT2D eigenvalue weighted by Gasteiger charge is 1.98. The van der Waals surface area contributed by atoms with E-state index in [2.05, 4.69) is 25.6 Å². The van der Waals surface area contributed by atoms with Gasteiger partial charge in [0.25, 0.3) is 0 Å². The third kappa shape index (κ3) is 2.25. The molecule has 0 bridgehead atoms. The van der Waals surface area contributed by atoms with Crippen molar-refractivity contribution in [2.24, 2.45) is 0 Å². The number of rotatable bonds is 3. The van der Waals surface area contributed by atoms with Crippen molar-refractivity contribution in [1.82, 2.24) is 25.6 Å². The molecule has 2 aromatic heterocycles. The Morgan fingerprint density at radius 3 is 2.85 bits per heavy atom. The normalized spacial score (nSPS) is 10.2. The van der Waals surface area contributed by atoms with Gasteiger partial charge in [0, 0.05) is 18.1 Å². The Labute approximate surface area is 79.0 Å². The molecule has 0 spiro atoms. The number of nitrogens with one attached hydrogen (secondary N) is 1. The molecular weight excluding hydrogens is 186 g/mol. The monoisotopic (exact) mass is 193 g/mol. The Hall–Kier alpha value is -1.43. The van der Waals surface area contributed by atoms with Crippen molar-refractivity contribution < 1.29 is 0 Å². The molecule has 0 radical (unpaired) electrons. The average molecular weight is 193 g/mol. The Morgan fingerprint density at radius 2 is 2.15 bits per heavy atom. The highest BCUT2D eigenvalue weighted by atomic mass is 32.2. The van der Waals surface area contributed by atoms with E-state index >= 15 is 0 Å². The van der Waals surface area contributed by atoms with E-state index in [-0.39, 0.29) is 0 Å². The molecule has 66 valence electrons. The molecule has 0 saturated carbocycles. The van der Waals surface area contributed by atoms with Gasteiger partial charge in [0.1, 0.15) is 0 Å². The van der Waals surface area contributed by atoms with Crippen molar-refractivity contribution in [1.29, 1.82) is 0 Å². The first-order valence-corrected chi connectivity index (χ1v) is 4.69. The van der Waals surface area contributed by atoms with Gasteiger partial charge in [-0.15, -0.1) is 5.10 Å². The lowest BCUT2D eigenvalue weighted by Gasteiger charge is -1.95. The summed E-state index contributed by atoms with van der Waals surface area (Å²) < 4.78 is 0. The Balaban J connectivity index is 1.94. The van der Waals surface area contributed by atoms with Gasteiger partial charge in [0.15, 0.2) is 0 Å². The molecule has 1 N–H and O–H groups in total. The lowest BCUT2D eigenvalue weighted by molar-refractivity contribution is 0.881. The summed E-state index contributed by atoms with van der Waals surface area (Å²) in [6.45, 7) is 0. The Morgan fingerprint density at radius 1 is 1.31 bits per heavy atom. The minimum atomic E-state index is 0.733. The first-order valence-electron chi connectivity index (χ1n) is 3.70. The van der Waals surface area contributed by atoms with Crippen molar-refractivity contribution in [2.75, 3.05) is 0 Å². The van der Waals surface area contributed by atoms with Crippen LogP contribution in [-0.2, 0) is 5.75 Å². The number of nitrogens with zero attached hydrogens (tertiary/aromatic N) is 4. The van der Waals surface area contributed by atoms with Gasteiger partial charge in [-0.1, -0.05) is 11.8 Å². The minimum Gasteiger partial charge on any atom is -0.265 e. The molecule has 0 fully saturated rings. The van der Waals surface area contributed by atoms with E-state index < -0.39 is 0 Å². The maximum absolute atomic E-state index is 3.93. The summed E-state index contributed by atoms with van der Waals surface area (Å²) in [7, 11) is 0. The summed E-state index contributed by atoms with van der Waals surface area (Å²) in [5.74, 6) is 0.847. The van der Waals surface area contributed by atoms with Crippen LogP contribution in [-0.4, -0.2) is 25.6 Å². The third-order valence-electron chi connectivity index (χ3n) is 1.45. The second kappa shape index (κ2) is 3.99. The van der Waals surface area contributed by atoms with Gasteiger partial charge in [-0.3, -0.25) is 4.98 Å². The molecule has 0 aliphatic rings. The van der Waals surface area contributed by atoms with Gasteiger partial charge >= 0.3 is 0 Å². The van der Waals surface area contributed by atoms with Crippen LogP contribution in [0.15, 0.2) is 29.7 Å². The van der Waals surface area contributed by atoms with E-state index in [0.29, 0.717) is 0 Å². The molecule has 0 saturated heterocycles. The van der Waals surface area contributed by atoms with E-state index in [1.165, 1.54) is 5.56 Å². The molecule has 5 nitrogen and oxygen atoms in total. The molecule has 0 unspecified atom stereocenters. The number of hydrogen-bond acceptors (Lipinski definition) is 5. The molecule has 0 amide bonds. The smallest absolute Gasteiger partial charge is 0.207 e. The average Bonchev–Trinajstić information content (AvgIpc) is 2.69.